The number of ketones is 2. The molecule has 4 nitrogen and oxygen atoms in total. The third-order valence-corrected chi connectivity index (χ3v) is 4.73. The average Bonchev–Trinajstić information content (AvgIpc) is 2.72. The molecule has 0 unspecified atom stereocenters. The summed E-state index contributed by atoms with van der Waals surface area (Å²) in [6.45, 7) is 1.92. The molecule has 0 aliphatic heterocycles. The lowest BCUT2D eigenvalue weighted by Crippen LogP contribution is -2.07. The highest BCUT2D eigenvalue weighted by Crippen LogP contribution is 2.17. The van der Waals surface area contributed by atoms with E-state index < -0.39 is 5.82 Å². The van der Waals surface area contributed by atoms with Crippen LogP contribution in [0.15, 0.2) is 66.9 Å². The number of nitrogens with two attached hydrogens (primary N) is 1. The zero-order valence-electron chi connectivity index (χ0n) is 16.8. The van der Waals surface area contributed by atoms with Crippen LogP contribution in [-0.2, 0) is 17.6 Å². The molecule has 0 spiro atoms. The van der Waals surface area contributed by atoms with Crippen molar-refractivity contribution in [2.75, 3.05) is 5.73 Å². The second-order valence-electron chi connectivity index (χ2n) is 7.19. The zero-order valence-corrected chi connectivity index (χ0v) is 16.8. The van der Waals surface area contributed by atoms with Crippen LogP contribution in [0.5, 0.6) is 0 Å². The minimum absolute atomic E-state index is 0.0875. The number of allylic oxidation sites excluding steroid dienone is 1. The Morgan fingerprint density at radius 1 is 1.03 bits per heavy atom. The van der Waals surface area contributed by atoms with Crippen molar-refractivity contribution in [2.45, 2.75) is 26.2 Å². The topological polar surface area (TPSA) is 73.0 Å². The fourth-order valence-corrected chi connectivity index (χ4v) is 3.01. The largest absolute Gasteiger partial charge is 0.398 e. The highest BCUT2D eigenvalue weighted by molar-refractivity contribution is 5.98. The van der Waals surface area contributed by atoms with Crippen molar-refractivity contribution >= 4 is 23.3 Å². The van der Waals surface area contributed by atoms with Crippen LogP contribution in [0.25, 0.3) is 6.08 Å². The second kappa shape index (κ2) is 9.74. The lowest BCUT2D eigenvalue weighted by atomic mass is 9.99. The molecule has 152 valence electrons. The molecule has 0 saturated carbocycles. The molecule has 0 fully saturated rings. The first kappa shape index (κ1) is 21.1. The average molecular weight is 402 g/mol. The monoisotopic (exact) mass is 402 g/mol. The van der Waals surface area contributed by atoms with Crippen LogP contribution in [0.1, 0.15) is 39.2 Å². The van der Waals surface area contributed by atoms with E-state index in [1.54, 1.807) is 30.5 Å². The second-order valence-corrected chi connectivity index (χ2v) is 7.19. The highest BCUT2D eigenvalue weighted by atomic mass is 19.1. The van der Waals surface area contributed by atoms with Gasteiger partial charge in [0.05, 0.1) is 0 Å². The summed E-state index contributed by atoms with van der Waals surface area (Å²) in [4.78, 5) is 28.9. The van der Waals surface area contributed by atoms with Gasteiger partial charge in [-0.1, -0.05) is 48.6 Å². The van der Waals surface area contributed by atoms with Crippen LogP contribution in [0.4, 0.5) is 10.1 Å². The van der Waals surface area contributed by atoms with Crippen molar-refractivity contribution in [3.63, 3.8) is 0 Å². The van der Waals surface area contributed by atoms with Gasteiger partial charge >= 0.3 is 0 Å². The van der Waals surface area contributed by atoms with Crippen LogP contribution >= 0.6 is 0 Å². The molecule has 3 rings (SSSR count). The van der Waals surface area contributed by atoms with E-state index in [0.29, 0.717) is 24.0 Å². The van der Waals surface area contributed by atoms with Gasteiger partial charge in [-0.15, -0.1) is 0 Å². The molecule has 2 aromatic carbocycles. The van der Waals surface area contributed by atoms with Gasteiger partial charge in [0, 0.05) is 42.4 Å². The smallest absolute Gasteiger partial charge is 0.167 e. The summed E-state index contributed by atoms with van der Waals surface area (Å²) < 4.78 is 13.1. The molecule has 1 aromatic heterocycles. The van der Waals surface area contributed by atoms with Gasteiger partial charge in [-0.3, -0.25) is 14.6 Å². The van der Waals surface area contributed by atoms with E-state index in [0.717, 1.165) is 16.8 Å². The van der Waals surface area contributed by atoms with Gasteiger partial charge in [0.25, 0.3) is 0 Å². The van der Waals surface area contributed by atoms with Crippen molar-refractivity contribution in [1.82, 2.24) is 4.98 Å². The number of nitrogens with zero attached hydrogens (tertiary/aromatic N) is 1. The van der Waals surface area contributed by atoms with Gasteiger partial charge in [-0.2, -0.15) is 0 Å². The van der Waals surface area contributed by atoms with Crippen LogP contribution in [-0.4, -0.2) is 16.6 Å². The van der Waals surface area contributed by atoms with Crippen molar-refractivity contribution in [2.24, 2.45) is 0 Å². The van der Waals surface area contributed by atoms with Gasteiger partial charge in [0.1, 0.15) is 11.6 Å². The number of halogens is 1. The number of benzene rings is 2. The highest BCUT2D eigenvalue weighted by Gasteiger charge is 2.11. The SMILES string of the molecule is Cc1ccc(/C=C/CC(=O)Cc2ccc(C(=O)Cc3ccc(F)cc3N)cc2)cn1. The first-order valence-electron chi connectivity index (χ1n) is 9.67. The summed E-state index contributed by atoms with van der Waals surface area (Å²) >= 11 is 0. The van der Waals surface area contributed by atoms with E-state index in [9.17, 15) is 14.0 Å². The molecule has 0 amide bonds. The number of hydrogen-bond acceptors (Lipinski definition) is 4. The molecule has 3 aromatic rings. The van der Waals surface area contributed by atoms with E-state index in [1.165, 1.54) is 18.2 Å². The zero-order chi connectivity index (χ0) is 21.5. The van der Waals surface area contributed by atoms with Crippen LogP contribution in [0, 0.1) is 12.7 Å². The first-order valence-corrected chi connectivity index (χ1v) is 9.67. The number of aryl methyl sites for hydroxylation is 1. The van der Waals surface area contributed by atoms with Crippen LogP contribution < -0.4 is 5.73 Å². The maximum atomic E-state index is 13.1. The minimum Gasteiger partial charge on any atom is -0.398 e. The number of aromatic nitrogens is 1. The Balaban J connectivity index is 1.53. The molecular weight excluding hydrogens is 379 g/mol. The maximum absolute atomic E-state index is 13.1. The van der Waals surface area contributed by atoms with Crippen molar-refractivity contribution in [3.05, 3.63) is 101 Å². The number of nitrogen functional groups attached to an aromatic ring is 1. The summed E-state index contributed by atoms with van der Waals surface area (Å²) in [5.41, 5.74) is 9.92. The summed E-state index contributed by atoms with van der Waals surface area (Å²) in [7, 11) is 0. The van der Waals surface area contributed by atoms with Crippen LogP contribution in [0.3, 0.4) is 0 Å². The Kier molecular flexibility index (Phi) is 6.86. The van der Waals surface area contributed by atoms with Gasteiger partial charge < -0.3 is 5.73 Å². The van der Waals surface area contributed by atoms with E-state index in [4.69, 9.17) is 5.73 Å². The molecule has 30 heavy (non-hydrogen) atoms. The molecule has 0 saturated heterocycles. The summed E-state index contributed by atoms with van der Waals surface area (Å²) in [5, 5.41) is 0. The Morgan fingerprint density at radius 3 is 2.47 bits per heavy atom. The lowest BCUT2D eigenvalue weighted by molar-refractivity contribution is -0.117. The van der Waals surface area contributed by atoms with E-state index in [-0.39, 0.29) is 23.7 Å². The minimum atomic E-state index is -0.428. The van der Waals surface area contributed by atoms with Gasteiger partial charge in [0.2, 0.25) is 0 Å². The Morgan fingerprint density at radius 2 is 1.80 bits per heavy atom. The number of rotatable bonds is 8. The number of carbonyl (C=O) groups is 2. The molecule has 0 aliphatic carbocycles. The third-order valence-electron chi connectivity index (χ3n) is 4.73. The molecule has 2 N–H and O–H groups in total. The summed E-state index contributed by atoms with van der Waals surface area (Å²) in [6, 6.07) is 14.9. The number of Topliss-reactive ketones (excluding diaryl/α,β-unsaturated/α-hetero) is 2. The number of pyridine rings is 1. The van der Waals surface area contributed by atoms with E-state index >= 15 is 0 Å². The van der Waals surface area contributed by atoms with Gasteiger partial charge in [-0.05, 0) is 41.8 Å². The Labute approximate surface area is 175 Å². The Bertz CT molecular complexity index is 1070. The predicted molar refractivity (Wildman–Crippen MR) is 117 cm³/mol. The first-order chi connectivity index (χ1) is 14.4. The number of carbonyl (C=O) groups excluding carboxylic acids is 2. The predicted octanol–water partition coefficient (Wildman–Crippen LogP) is 4.75. The van der Waals surface area contributed by atoms with E-state index in [2.05, 4.69) is 4.98 Å². The molecule has 1 heterocycles. The number of hydrogen-bond donors (Lipinski definition) is 1. The van der Waals surface area contributed by atoms with Gasteiger partial charge in [0.15, 0.2) is 5.78 Å². The maximum Gasteiger partial charge on any atom is 0.167 e. The fourth-order valence-electron chi connectivity index (χ4n) is 3.01. The molecule has 0 atom stereocenters. The standard InChI is InChI=1S/C25H23FN2O2/c1-17-5-6-19(16-28-17)3-2-4-23(29)13-18-7-9-20(10-8-18)25(30)14-21-11-12-22(26)15-24(21)27/h2-3,5-12,15-16H,4,13-14,27H2,1H3/b3-2+. The number of anilines is 1. The molecular formula is C25H23FN2O2. The van der Waals surface area contributed by atoms with E-state index in [1.807, 2.05) is 31.2 Å². The summed E-state index contributed by atoms with van der Waals surface area (Å²) in [5.74, 6) is -0.451. The van der Waals surface area contributed by atoms with Crippen LogP contribution in [0.2, 0.25) is 0 Å². The molecule has 5 heteroatoms. The Hall–Kier alpha value is -3.60. The molecule has 0 radical (unpaired) electrons. The molecule has 0 aliphatic rings. The normalized spacial score (nSPS) is 11.0. The third kappa shape index (κ3) is 5.95. The van der Waals surface area contributed by atoms with Crippen molar-refractivity contribution in [1.29, 1.82) is 0 Å². The van der Waals surface area contributed by atoms with Gasteiger partial charge in [-0.25, -0.2) is 4.39 Å². The summed E-state index contributed by atoms with van der Waals surface area (Å²) in [6.07, 6.45) is 6.22. The quantitative estimate of drug-likeness (QED) is 0.436. The lowest BCUT2D eigenvalue weighted by Gasteiger charge is -2.06. The molecule has 0 bridgehead atoms. The van der Waals surface area contributed by atoms with Crippen molar-refractivity contribution < 1.29 is 14.0 Å². The van der Waals surface area contributed by atoms with Crippen molar-refractivity contribution in [3.8, 4) is 0 Å². The fraction of sp³-hybridized carbons (Fsp3) is 0.160.